The quantitative estimate of drug-likeness (QED) is 0.936. The molecule has 0 aliphatic carbocycles. The van der Waals surface area contributed by atoms with Gasteiger partial charge in [-0.05, 0) is 32.9 Å². The first-order valence-corrected chi connectivity index (χ1v) is 7.31. The number of aromatic nitrogens is 3. The minimum Gasteiger partial charge on any atom is -0.326 e. The first-order valence-electron chi connectivity index (χ1n) is 7.31. The van der Waals surface area contributed by atoms with Gasteiger partial charge in [0.15, 0.2) is 0 Å². The van der Waals surface area contributed by atoms with Crippen LogP contribution in [0.3, 0.4) is 0 Å². The minimum atomic E-state index is -0.0220. The molecule has 2 rings (SSSR count). The average Bonchev–Trinajstić information content (AvgIpc) is 2.82. The molecule has 0 bridgehead atoms. The second-order valence-corrected chi connectivity index (χ2v) is 4.67. The van der Waals surface area contributed by atoms with Crippen molar-refractivity contribution in [3.8, 4) is 0 Å². The number of nitrogens with zero attached hydrogens (tertiary/aromatic N) is 3. The summed E-state index contributed by atoms with van der Waals surface area (Å²) in [5, 5.41) is 10.9. The van der Waals surface area contributed by atoms with Crippen molar-refractivity contribution in [1.29, 1.82) is 0 Å². The fourth-order valence-corrected chi connectivity index (χ4v) is 1.93. The summed E-state index contributed by atoms with van der Waals surface area (Å²) in [5.74, 6) is -0.0220. The lowest BCUT2D eigenvalue weighted by Crippen LogP contribution is -2.19. The van der Waals surface area contributed by atoms with Crippen molar-refractivity contribution in [2.24, 2.45) is 0 Å². The number of benzene rings is 1. The Morgan fingerprint density at radius 1 is 1.24 bits per heavy atom. The van der Waals surface area contributed by atoms with Crippen LogP contribution in [0.4, 0.5) is 5.69 Å². The number of rotatable bonds is 4. The minimum absolute atomic E-state index is 0.00934. The molecule has 1 aromatic heterocycles. The van der Waals surface area contributed by atoms with E-state index in [0.29, 0.717) is 6.42 Å². The third kappa shape index (κ3) is 4.70. The number of aryl methyl sites for hydroxylation is 1. The van der Waals surface area contributed by atoms with Crippen LogP contribution >= 0.6 is 0 Å². The van der Waals surface area contributed by atoms with Crippen LogP contribution in [0.15, 0.2) is 30.3 Å². The normalized spacial score (nSPS) is 11.3. The van der Waals surface area contributed by atoms with Crippen molar-refractivity contribution >= 4 is 11.6 Å². The molecule has 1 heterocycles. The van der Waals surface area contributed by atoms with Crippen LogP contribution < -0.4 is 5.32 Å². The van der Waals surface area contributed by atoms with Gasteiger partial charge in [0.25, 0.3) is 0 Å². The molecule has 5 nitrogen and oxygen atoms in total. The molecule has 1 atom stereocenters. The first kappa shape index (κ1) is 16.9. The van der Waals surface area contributed by atoms with Crippen molar-refractivity contribution in [1.82, 2.24) is 15.0 Å². The van der Waals surface area contributed by atoms with E-state index in [9.17, 15) is 4.79 Å². The van der Waals surface area contributed by atoms with E-state index in [4.69, 9.17) is 0 Å². The maximum absolute atomic E-state index is 11.9. The van der Waals surface area contributed by atoms with Crippen LogP contribution in [0.25, 0.3) is 0 Å². The van der Waals surface area contributed by atoms with Gasteiger partial charge in [0.2, 0.25) is 5.91 Å². The molecule has 0 fully saturated rings. The molecule has 1 N–H and O–H groups in total. The summed E-state index contributed by atoms with van der Waals surface area (Å²) in [6.45, 7) is 9.84. The highest BCUT2D eigenvalue weighted by atomic mass is 16.1. The Morgan fingerprint density at radius 2 is 1.86 bits per heavy atom. The number of para-hydroxylation sites is 1. The first-order chi connectivity index (χ1) is 10.1. The van der Waals surface area contributed by atoms with Crippen LogP contribution in [0.2, 0.25) is 0 Å². The van der Waals surface area contributed by atoms with Crippen LogP contribution in [0.1, 0.15) is 44.6 Å². The summed E-state index contributed by atoms with van der Waals surface area (Å²) < 4.78 is 1.79. The van der Waals surface area contributed by atoms with Crippen LogP contribution in [0, 0.1) is 13.8 Å². The molecule has 2 aromatic rings. The largest absolute Gasteiger partial charge is 0.326 e. The number of hydrogen-bond acceptors (Lipinski definition) is 3. The number of anilines is 1. The molecule has 1 amide bonds. The Bertz CT molecular complexity index is 563. The fourth-order valence-electron chi connectivity index (χ4n) is 1.93. The second-order valence-electron chi connectivity index (χ2n) is 4.67. The molecule has 1 aromatic carbocycles. The molecular formula is C16H24N4O. The number of carbonyl (C=O) groups is 1. The second kappa shape index (κ2) is 8.19. The Hall–Kier alpha value is -2.17. The predicted octanol–water partition coefficient (Wildman–Crippen LogP) is 3.51. The average molecular weight is 288 g/mol. The lowest BCUT2D eigenvalue weighted by atomic mass is 10.2. The van der Waals surface area contributed by atoms with Crippen molar-refractivity contribution in [2.75, 3.05) is 5.32 Å². The highest BCUT2D eigenvalue weighted by Crippen LogP contribution is 2.15. The van der Waals surface area contributed by atoms with E-state index in [-0.39, 0.29) is 11.9 Å². The van der Waals surface area contributed by atoms with Gasteiger partial charge in [0, 0.05) is 12.1 Å². The summed E-state index contributed by atoms with van der Waals surface area (Å²) in [4.78, 5) is 11.9. The summed E-state index contributed by atoms with van der Waals surface area (Å²) >= 11 is 0. The van der Waals surface area contributed by atoms with Crippen molar-refractivity contribution in [3.63, 3.8) is 0 Å². The molecule has 5 heteroatoms. The van der Waals surface area contributed by atoms with Crippen molar-refractivity contribution in [3.05, 3.63) is 41.7 Å². The lowest BCUT2D eigenvalue weighted by molar-refractivity contribution is -0.116. The third-order valence-electron chi connectivity index (χ3n) is 3.11. The van der Waals surface area contributed by atoms with Gasteiger partial charge in [-0.3, -0.25) is 4.79 Å². The predicted molar refractivity (Wildman–Crippen MR) is 85.2 cm³/mol. The Labute approximate surface area is 126 Å². The maximum atomic E-state index is 11.9. The highest BCUT2D eigenvalue weighted by Gasteiger charge is 2.15. The van der Waals surface area contributed by atoms with Gasteiger partial charge in [0.05, 0.1) is 17.4 Å². The monoisotopic (exact) mass is 288 g/mol. The van der Waals surface area contributed by atoms with Crippen LogP contribution in [-0.2, 0) is 4.79 Å². The van der Waals surface area contributed by atoms with Gasteiger partial charge in [-0.25, -0.2) is 4.68 Å². The Morgan fingerprint density at radius 3 is 2.38 bits per heavy atom. The molecular weight excluding hydrogens is 264 g/mol. The smallest absolute Gasteiger partial charge is 0.226 e. The molecule has 0 saturated carbocycles. The highest BCUT2D eigenvalue weighted by molar-refractivity contribution is 5.90. The lowest BCUT2D eigenvalue weighted by Gasteiger charge is -2.13. The van der Waals surface area contributed by atoms with Gasteiger partial charge < -0.3 is 5.32 Å². The fraction of sp³-hybridized carbons (Fsp3) is 0.438. The number of amides is 1. The van der Waals surface area contributed by atoms with Crippen LogP contribution in [0.5, 0.6) is 0 Å². The maximum Gasteiger partial charge on any atom is 0.226 e. The van der Waals surface area contributed by atoms with E-state index in [0.717, 1.165) is 17.1 Å². The van der Waals surface area contributed by atoms with Crippen LogP contribution in [-0.4, -0.2) is 20.9 Å². The molecule has 0 saturated heterocycles. The van der Waals surface area contributed by atoms with Gasteiger partial charge in [0.1, 0.15) is 0 Å². The van der Waals surface area contributed by atoms with E-state index in [1.54, 1.807) is 4.68 Å². The molecule has 0 unspecified atom stereocenters. The molecule has 21 heavy (non-hydrogen) atoms. The standard InChI is InChI=1S/C14H18N4O.C2H6/c1-10(18-12(3)11(2)16-17-18)9-14(19)15-13-7-5-4-6-8-13;1-2/h4-8,10H,9H2,1-3H3,(H,15,19);1-2H3/t10-;/m0./s1. The zero-order chi connectivity index (χ0) is 15.8. The van der Waals surface area contributed by atoms with E-state index in [2.05, 4.69) is 15.6 Å². The summed E-state index contributed by atoms with van der Waals surface area (Å²) in [5.41, 5.74) is 2.71. The summed E-state index contributed by atoms with van der Waals surface area (Å²) in [7, 11) is 0. The SMILES string of the molecule is CC.Cc1nnn([C@@H](C)CC(=O)Nc2ccccc2)c1C. The van der Waals surface area contributed by atoms with Gasteiger partial charge in [-0.1, -0.05) is 37.3 Å². The zero-order valence-corrected chi connectivity index (χ0v) is 13.4. The Kier molecular flexibility index (Phi) is 6.59. The Balaban J connectivity index is 0.00000106. The number of hydrogen-bond donors (Lipinski definition) is 1. The zero-order valence-electron chi connectivity index (χ0n) is 13.4. The van der Waals surface area contributed by atoms with E-state index >= 15 is 0 Å². The van der Waals surface area contributed by atoms with Gasteiger partial charge in [-0.2, -0.15) is 0 Å². The summed E-state index contributed by atoms with van der Waals surface area (Å²) in [6, 6.07) is 9.43. The molecule has 0 aliphatic heterocycles. The van der Waals surface area contributed by atoms with E-state index < -0.39 is 0 Å². The number of carbonyl (C=O) groups excluding carboxylic acids is 1. The molecule has 114 valence electrons. The van der Waals surface area contributed by atoms with Crippen molar-refractivity contribution in [2.45, 2.75) is 47.1 Å². The molecule has 0 spiro atoms. The van der Waals surface area contributed by atoms with E-state index in [1.807, 2.05) is 65.0 Å². The van der Waals surface area contributed by atoms with Gasteiger partial charge >= 0.3 is 0 Å². The van der Waals surface area contributed by atoms with E-state index in [1.165, 1.54) is 0 Å². The summed E-state index contributed by atoms with van der Waals surface area (Å²) in [6.07, 6.45) is 0.374. The molecule has 0 aliphatic rings. The number of nitrogens with one attached hydrogen (secondary N) is 1. The van der Waals surface area contributed by atoms with Crippen molar-refractivity contribution < 1.29 is 4.79 Å². The van der Waals surface area contributed by atoms with Gasteiger partial charge in [-0.15, -0.1) is 5.10 Å². The third-order valence-corrected chi connectivity index (χ3v) is 3.11. The molecule has 0 radical (unpaired) electrons. The topological polar surface area (TPSA) is 59.8 Å².